The molecule has 0 saturated heterocycles. The van der Waals surface area contributed by atoms with Gasteiger partial charge in [-0.25, -0.2) is 0 Å². The third-order valence-electron chi connectivity index (χ3n) is 3.67. The molecule has 2 aromatic rings. The number of rotatable bonds is 5. The zero-order chi connectivity index (χ0) is 17.5. The summed E-state index contributed by atoms with van der Waals surface area (Å²) in [4.78, 5) is 0. The Balaban J connectivity index is 1.85. The number of hydrazone groups is 1. The van der Waals surface area contributed by atoms with Crippen LogP contribution >= 0.6 is 12.2 Å². The van der Waals surface area contributed by atoms with E-state index in [1.807, 2.05) is 42.8 Å². The molecule has 124 valence electrons. The fraction of sp³-hybridized carbons (Fsp3) is 0.235. The Bertz CT molecular complexity index is 787. The van der Waals surface area contributed by atoms with Gasteiger partial charge >= 0.3 is 0 Å². The number of hydrogen-bond acceptors (Lipinski definition) is 4. The molecule has 2 N–H and O–H groups in total. The standard InChI is InChI=1S/C17H19N5OS/c1-12-14(8-15(9-18)22(12)2)11-20-21-17(24)19-10-13-4-6-16(23-3)7-5-13/h4-8,11H,10H2,1-3H3,(H2,19,21,24)/b20-11-. The van der Waals surface area contributed by atoms with Crippen molar-refractivity contribution in [3.05, 3.63) is 52.8 Å². The van der Waals surface area contributed by atoms with Crippen LogP contribution in [0.15, 0.2) is 35.4 Å². The molecule has 24 heavy (non-hydrogen) atoms. The van der Waals surface area contributed by atoms with E-state index in [0.717, 1.165) is 22.6 Å². The lowest BCUT2D eigenvalue weighted by molar-refractivity contribution is 0.414. The van der Waals surface area contributed by atoms with E-state index in [-0.39, 0.29) is 0 Å². The van der Waals surface area contributed by atoms with E-state index in [4.69, 9.17) is 22.2 Å². The highest BCUT2D eigenvalue weighted by atomic mass is 32.1. The van der Waals surface area contributed by atoms with Gasteiger partial charge in [-0.15, -0.1) is 0 Å². The second-order valence-electron chi connectivity index (χ2n) is 5.14. The van der Waals surface area contributed by atoms with Gasteiger partial charge in [0.15, 0.2) is 5.11 Å². The number of methoxy groups -OCH3 is 1. The maximum atomic E-state index is 9.01. The van der Waals surface area contributed by atoms with Crippen molar-refractivity contribution < 1.29 is 4.74 Å². The van der Waals surface area contributed by atoms with Gasteiger partial charge in [-0.05, 0) is 42.9 Å². The first-order valence-electron chi connectivity index (χ1n) is 7.31. The molecule has 0 aliphatic heterocycles. The van der Waals surface area contributed by atoms with Crippen molar-refractivity contribution in [2.24, 2.45) is 12.1 Å². The van der Waals surface area contributed by atoms with Gasteiger partial charge in [0.25, 0.3) is 0 Å². The summed E-state index contributed by atoms with van der Waals surface area (Å²) in [7, 11) is 3.48. The molecule has 1 heterocycles. The zero-order valence-electron chi connectivity index (χ0n) is 13.8. The normalized spacial score (nSPS) is 10.4. The van der Waals surface area contributed by atoms with E-state index in [1.165, 1.54) is 0 Å². The maximum Gasteiger partial charge on any atom is 0.187 e. The summed E-state index contributed by atoms with van der Waals surface area (Å²) in [6.07, 6.45) is 1.65. The summed E-state index contributed by atoms with van der Waals surface area (Å²) in [5.41, 5.74) is 6.29. The minimum Gasteiger partial charge on any atom is -0.497 e. The van der Waals surface area contributed by atoms with Crippen LogP contribution < -0.4 is 15.5 Å². The van der Waals surface area contributed by atoms with Crippen LogP contribution in [0.5, 0.6) is 5.75 Å². The van der Waals surface area contributed by atoms with E-state index in [2.05, 4.69) is 21.9 Å². The molecular formula is C17H19N5OS. The summed E-state index contributed by atoms with van der Waals surface area (Å²) in [6, 6.07) is 11.7. The molecule has 0 aliphatic carbocycles. The van der Waals surface area contributed by atoms with Gasteiger partial charge < -0.3 is 14.6 Å². The molecular weight excluding hydrogens is 322 g/mol. The predicted molar refractivity (Wildman–Crippen MR) is 98.0 cm³/mol. The van der Waals surface area contributed by atoms with E-state index >= 15 is 0 Å². The number of ether oxygens (including phenoxy) is 1. The summed E-state index contributed by atoms with van der Waals surface area (Å²) < 4.78 is 6.94. The first-order valence-corrected chi connectivity index (χ1v) is 7.72. The number of nitrogens with zero attached hydrogens (tertiary/aromatic N) is 3. The Kier molecular flexibility index (Phi) is 5.93. The number of hydrogen-bond donors (Lipinski definition) is 2. The topological polar surface area (TPSA) is 74.4 Å². The molecule has 7 heteroatoms. The van der Waals surface area contributed by atoms with E-state index in [9.17, 15) is 0 Å². The first-order chi connectivity index (χ1) is 11.5. The Morgan fingerprint density at radius 1 is 1.42 bits per heavy atom. The van der Waals surface area contributed by atoms with Crippen molar-refractivity contribution in [2.45, 2.75) is 13.5 Å². The first kappa shape index (κ1) is 17.5. The number of thiocarbonyl (C=S) groups is 1. The van der Waals surface area contributed by atoms with Crippen LogP contribution in [0, 0.1) is 18.3 Å². The zero-order valence-corrected chi connectivity index (χ0v) is 14.6. The van der Waals surface area contributed by atoms with Gasteiger partial charge in [-0.1, -0.05) is 12.1 Å². The van der Waals surface area contributed by atoms with Gasteiger partial charge in [0.05, 0.1) is 13.3 Å². The smallest absolute Gasteiger partial charge is 0.187 e. The predicted octanol–water partition coefficient (Wildman–Crippen LogP) is 2.21. The lowest BCUT2D eigenvalue weighted by Gasteiger charge is -2.07. The van der Waals surface area contributed by atoms with Crippen LogP contribution in [0.3, 0.4) is 0 Å². The summed E-state index contributed by atoms with van der Waals surface area (Å²) in [5, 5.41) is 16.6. The Morgan fingerprint density at radius 2 is 2.12 bits per heavy atom. The molecule has 0 aliphatic rings. The van der Waals surface area contributed by atoms with Crippen LogP contribution in [-0.2, 0) is 13.6 Å². The van der Waals surface area contributed by atoms with Crippen LogP contribution in [0.4, 0.5) is 0 Å². The fourth-order valence-corrected chi connectivity index (χ4v) is 2.21. The highest BCUT2D eigenvalue weighted by molar-refractivity contribution is 7.80. The van der Waals surface area contributed by atoms with Crippen LogP contribution in [0.1, 0.15) is 22.5 Å². The highest BCUT2D eigenvalue weighted by Gasteiger charge is 2.06. The van der Waals surface area contributed by atoms with Gasteiger partial charge in [0, 0.05) is 24.8 Å². The van der Waals surface area contributed by atoms with Crippen molar-refractivity contribution in [3.8, 4) is 11.8 Å². The molecule has 1 aromatic carbocycles. The molecule has 0 amide bonds. The monoisotopic (exact) mass is 341 g/mol. The molecule has 0 saturated carbocycles. The molecule has 0 unspecified atom stereocenters. The van der Waals surface area contributed by atoms with Gasteiger partial charge in [-0.2, -0.15) is 10.4 Å². The third kappa shape index (κ3) is 4.33. The summed E-state index contributed by atoms with van der Waals surface area (Å²) >= 11 is 5.19. The second kappa shape index (κ2) is 8.13. The summed E-state index contributed by atoms with van der Waals surface area (Å²) in [6.45, 7) is 2.52. The van der Waals surface area contributed by atoms with Crippen LogP contribution in [0.2, 0.25) is 0 Å². The van der Waals surface area contributed by atoms with Gasteiger partial charge in [0.2, 0.25) is 0 Å². The van der Waals surface area contributed by atoms with Crippen molar-refractivity contribution in [3.63, 3.8) is 0 Å². The Hall–Kier alpha value is -2.85. The van der Waals surface area contributed by atoms with Crippen molar-refractivity contribution >= 4 is 23.5 Å². The number of nitrogens with one attached hydrogen (secondary N) is 2. The molecule has 6 nitrogen and oxygen atoms in total. The lowest BCUT2D eigenvalue weighted by Crippen LogP contribution is -2.31. The quantitative estimate of drug-likeness (QED) is 0.495. The maximum absolute atomic E-state index is 9.01. The van der Waals surface area contributed by atoms with E-state index in [1.54, 1.807) is 19.4 Å². The number of aromatic nitrogens is 1. The van der Waals surface area contributed by atoms with Gasteiger partial charge in [0.1, 0.15) is 17.5 Å². The third-order valence-corrected chi connectivity index (χ3v) is 3.91. The summed E-state index contributed by atoms with van der Waals surface area (Å²) in [5.74, 6) is 0.819. The van der Waals surface area contributed by atoms with Crippen molar-refractivity contribution in [1.82, 2.24) is 15.3 Å². The minimum absolute atomic E-state index is 0.427. The van der Waals surface area contributed by atoms with E-state index in [0.29, 0.717) is 17.4 Å². The van der Waals surface area contributed by atoms with Crippen molar-refractivity contribution in [2.75, 3.05) is 7.11 Å². The van der Waals surface area contributed by atoms with Crippen LogP contribution in [-0.4, -0.2) is 23.0 Å². The highest BCUT2D eigenvalue weighted by Crippen LogP contribution is 2.11. The molecule has 0 atom stereocenters. The Labute approximate surface area is 146 Å². The molecule has 0 bridgehead atoms. The average Bonchev–Trinajstić information content (AvgIpc) is 2.88. The van der Waals surface area contributed by atoms with E-state index < -0.39 is 0 Å². The minimum atomic E-state index is 0.427. The second-order valence-corrected chi connectivity index (χ2v) is 5.55. The molecule has 1 aromatic heterocycles. The van der Waals surface area contributed by atoms with Crippen molar-refractivity contribution in [1.29, 1.82) is 5.26 Å². The molecule has 0 fully saturated rings. The van der Waals surface area contributed by atoms with Gasteiger partial charge in [-0.3, -0.25) is 5.43 Å². The average molecular weight is 341 g/mol. The largest absolute Gasteiger partial charge is 0.497 e. The fourth-order valence-electron chi connectivity index (χ4n) is 2.09. The molecule has 0 radical (unpaired) electrons. The Morgan fingerprint density at radius 3 is 2.71 bits per heavy atom. The molecule has 2 rings (SSSR count). The number of nitriles is 1. The lowest BCUT2D eigenvalue weighted by atomic mass is 10.2. The van der Waals surface area contributed by atoms with Crippen LogP contribution in [0.25, 0.3) is 0 Å². The SMILES string of the molecule is COc1ccc(CNC(=S)N/N=C\c2cc(C#N)n(C)c2C)cc1. The molecule has 0 spiro atoms. The number of benzene rings is 1.